The van der Waals surface area contributed by atoms with Crippen LogP contribution in [0.4, 0.5) is 0 Å². The summed E-state index contributed by atoms with van der Waals surface area (Å²) in [5.74, 6) is 0.419. The van der Waals surface area contributed by atoms with Crippen LogP contribution in [0.3, 0.4) is 0 Å². The zero-order valence-corrected chi connectivity index (χ0v) is 16.5. The number of hydrogen-bond donors (Lipinski definition) is 0. The van der Waals surface area contributed by atoms with Crippen LogP contribution in [0, 0.1) is 12.8 Å². The van der Waals surface area contributed by atoms with Gasteiger partial charge < -0.3 is 9.80 Å². The van der Waals surface area contributed by atoms with E-state index in [-0.39, 0.29) is 5.91 Å². The van der Waals surface area contributed by atoms with Crippen molar-refractivity contribution in [1.82, 2.24) is 19.8 Å². The molecule has 28 heavy (non-hydrogen) atoms. The molecule has 1 aliphatic rings. The first kappa shape index (κ1) is 18.6. The number of carbonyl (C=O) groups excluding carboxylic acids is 1. The number of aromatic nitrogens is 2. The molecule has 3 aromatic rings. The van der Waals surface area contributed by atoms with Gasteiger partial charge in [0.15, 0.2) is 0 Å². The monoisotopic (exact) mass is 374 g/mol. The van der Waals surface area contributed by atoms with Gasteiger partial charge in [0.1, 0.15) is 5.69 Å². The molecule has 1 atom stereocenters. The maximum Gasteiger partial charge on any atom is 0.272 e. The van der Waals surface area contributed by atoms with Gasteiger partial charge in [-0.3, -0.25) is 9.78 Å². The summed E-state index contributed by atoms with van der Waals surface area (Å²) in [5, 5.41) is 1.17. The number of carbonyl (C=O) groups is 1. The molecule has 0 radical (unpaired) electrons. The number of pyridine rings is 2. The van der Waals surface area contributed by atoms with E-state index in [1.165, 1.54) is 10.9 Å². The maximum absolute atomic E-state index is 13.0. The zero-order valence-electron chi connectivity index (χ0n) is 16.5. The van der Waals surface area contributed by atoms with Gasteiger partial charge in [-0.2, -0.15) is 0 Å². The highest BCUT2D eigenvalue weighted by atomic mass is 16.2. The van der Waals surface area contributed by atoms with Crippen LogP contribution < -0.4 is 0 Å². The van der Waals surface area contributed by atoms with E-state index in [1.807, 2.05) is 42.3 Å². The topological polar surface area (TPSA) is 49.3 Å². The Bertz CT molecular complexity index is 987. The van der Waals surface area contributed by atoms with Crippen molar-refractivity contribution in [1.29, 1.82) is 0 Å². The highest BCUT2D eigenvalue weighted by molar-refractivity contribution is 5.92. The molecule has 1 aromatic carbocycles. The highest BCUT2D eigenvalue weighted by Gasteiger charge is 2.26. The molecule has 0 bridgehead atoms. The Morgan fingerprint density at radius 2 is 2.00 bits per heavy atom. The van der Waals surface area contributed by atoms with E-state index in [0.717, 1.165) is 43.8 Å². The first-order valence-corrected chi connectivity index (χ1v) is 9.83. The second-order valence-corrected chi connectivity index (χ2v) is 7.78. The number of rotatable bonds is 3. The maximum atomic E-state index is 13.0. The summed E-state index contributed by atoms with van der Waals surface area (Å²) in [5.41, 5.74) is 3.73. The van der Waals surface area contributed by atoms with Crippen molar-refractivity contribution in [2.75, 3.05) is 33.2 Å². The van der Waals surface area contributed by atoms with Gasteiger partial charge >= 0.3 is 0 Å². The van der Waals surface area contributed by atoms with Crippen LogP contribution in [0.25, 0.3) is 10.9 Å². The first-order valence-electron chi connectivity index (χ1n) is 9.83. The van der Waals surface area contributed by atoms with Crippen molar-refractivity contribution in [3.05, 3.63) is 71.7 Å². The molecule has 0 aliphatic carbocycles. The Labute approximate surface area is 166 Å². The molecule has 5 heteroatoms. The number of aryl methyl sites for hydroxylation is 1. The van der Waals surface area contributed by atoms with Gasteiger partial charge in [0.05, 0.1) is 5.52 Å². The predicted octanol–water partition coefficient (Wildman–Crippen LogP) is 3.18. The quantitative estimate of drug-likeness (QED) is 0.706. The average molecular weight is 374 g/mol. The highest BCUT2D eigenvalue weighted by Crippen LogP contribution is 2.20. The van der Waals surface area contributed by atoms with Gasteiger partial charge in [0, 0.05) is 43.5 Å². The Balaban J connectivity index is 1.53. The van der Waals surface area contributed by atoms with Gasteiger partial charge in [-0.05, 0) is 62.2 Å². The average Bonchev–Trinajstić information content (AvgIpc) is 2.88. The number of fused-ring (bicyclic) bond motifs is 1. The molecule has 0 N–H and O–H groups in total. The molecule has 1 amide bonds. The fourth-order valence-electron chi connectivity index (χ4n) is 4.01. The molecule has 4 rings (SSSR count). The zero-order chi connectivity index (χ0) is 19.5. The van der Waals surface area contributed by atoms with Crippen molar-refractivity contribution in [2.45, 2.75) is 13.3 Å². The second-order valence-electron chi connectivity index (χ2n) is 7.78. The van der Waals surface area contributed by atoms with Crippen molar-refractivity contribution < 1.29 is 4.79 Å². The van der Waals surface area contributed by atoms with Gasteiger partial charge in [-0.25, -0.2) is 4.98 Å². The Kier molecular flexibility index (Phi) is 5.35. The third-order valence-corrected chi connectivity index (χ3v) is 5.39. The number of hydrogen-bond acceptors (Lipinski definition) is 4. The molecule has 1 saturated heterocycles. The molecule has 3 heterocycles. The fourth-order valence-corrected chi connectivity index (χ4v) is 4.01. The summed E-state index contributed by atoms with van der Waals surface area (Å²) < 4.78 is 0. The van der Waals surface area contributed by atoms with Gasteiger partial charge in [-0.1, -0.05) is 18.2 Å². The molecule has 1 fully saturated rings. The molecule has 2 aromatic heterocycles. The smallest absolute Gasteiger partial charge is 0.272 e. The third kappa shape index (κ3) is 4.20. The number of likely N-dealkylation sites (N-methyl/N-ethyl adjacent to an activating group) is 1. The van der Waals surface area contributed by atoms with E-state index in [2.05, 4.69) is 46.2 Å². The van der Waals surface area contributed by atoms with E-state index in [1.54, 1.807) is 0 Å². The summed E-state index contributed by atoms with van der Waals surface area (Å²) in [7, 11) is 2.14. The summed E-state index contributed by atoms with van der Waals surface area (Å²) in [6.45, 7) is 5.28. The van der Waals surface area contributed by atoms with E-state index in [0.29, 0.717) is 11.6 Å². The fraction of sp³-hybridized carbons (Fsp3) is 0.348. The number of nitrogens with zero attached hydrogens (tertiary/aromatic N) is 4. The van der Waals surface area contributed by atoms with Crippen LogP contribution >= 0.6 is 0 Å². The van der Waals surface area contributed by atoms with E-state index < -0.39 is 0 Å². The second kappa shape index (κ2) is 8.07. The molecular formula is C23H26N4O. The number of benzene rings is 1. The van der Waals surface area contributed by atoms with Crippen LogP contribution in [-0.4, -0.2) is 58.9 Å². The lowest BCUT2D eigenvalue weighted by Crippen LogP contribution is -2.37. The molecule has 1 aliphatic heterocycles. The summed E-state index contributed by atoms with van der Waals surface area (Å²) >= 11 is 0. The summed E-state index contributed by atoms with van der Waals surface area (Å²) in [4.78, 5) is 26.1. The lowest BCUT2D eigenvalue weighted by atomic mass is 9.97. The van der Waals surface area contributed by atoms with E-state index in [9.17, 15) is 4.79 Å². The molecule has 5 nitrogen and oxygen atoms in total. The standard InChI is InChI=1S/C23H26N4O/c1-17-5-3-7-22(25-17)23(28)27-12-11-26(2)15-19(16-27)13-18-8-9-21-20(14-18)6-4-10-24-21/h3-10,14,19H,11-13,15-16H2,1-2H3. The van der Waals surface area contributed by atoms with Gasteiger partial charge in [-0.15, -0.1) is 0 Å². The molecule has 0 spiro atoms. The van der Waals surface area contributed by atoms with Crippen molar-refractivity contribution in [2.24, 2.45) is 5.92 Å². The van der Waals surface area contributed by atoms with Gasteiger partial charge in [0.25, 0.3) is 5.91 Å². The molecule has 1 unspecified atom stereocenters. The number of amides is 1. The minimum Gasteiger partial charge on any atom is -0.336 e. The molecular weight excluding hydrogens is 348 g/mol. The first-order chi connectivity index (χ1) is 13.6. The lowest BCUT2D eigenvalue weighted by molar-refractivity contribution is 0.0740. The summed E-state index contributed by atoms with van der Waals surface area (Å²) in [6, 6.07) is 16.2. The van der Waals surface area contributed by atoms with Crippen molar-refractivity contribution in [3.63, 3.8) is 0 Å². The Hall–Kier alpha value is -2.79. The molecule has 144 valence electrons. The normalized spacial score (nSPS) is 18.2. The SMILES string of the molecule is Cc1cccc(C(=O)N2CCN(C)CC(Cc3ccc4ncccc4c3)C2)n1. The van der Waals surface area contributed by atoms with Crippen LogP contribution in [0.1, 0.15) is 21.7 Å². The van der Waals surface area contributed by atoms with Crippen LogP contribution in [-0.2, 0) is 6.42 Å². The molecule has 0 saturated carbocycles. The summed E-state index contributed by atoms with van der Waals surface area (Å²) in [6.07, 6.45) is 2.77. The van der Waals surface area contributed by atoms with E-state index >= 15 is 0 Å². The van der Waals surface area contributed by atoms with Crippen LogP contribution in [0.5, 0.6) is 0 Å². The van der Waals surface area contributed by atoms with Gasteiger partial charge in [0.2, 0.25) is 0 Å². The van der Waals surface area contributed by atoms with Crippen LogP contribution in [0.15, 0.2) is 54.7 Å². The minimum absolute atomic E-state index is 0.0340. The third-order valence-electron chi connectivity index (χ3n) is 5.39. The van der Waals surface area contributed by atoms with E-state index in [4.69, 9.17) is 0 Å². The Morgan fingerprint density at radius 3 is 2.86 bits per heavy atom. The lowest BCUT2D eigenvalue weighted by Gasteiger charge is -2.24. The van der Waals surface area contributed by atoms with Crippen LogP contribution in [0.2, 0.25) is 0 Å². The minimum atomic E-state index is 0.0340. The Morgan fingerprint density at radius 1 is 1.11 bits per heavy atom. The van der Waals surface area contributed by atoms with Crippen molar-refractivity contribution in [3.8, 4) is 0 Å². The van der Waals surface area contributed by atoms with Crippen molar-refractivity contribution >= 4 is 16.8 Å². The largest absolute Gasteiger partial charge is 0.336 e. The predicted molar refractivity (Wildman–Crippen MR) is 111 cm³/mol.